The third-order valence-corrected chi connectivity index (χ3v) is 5.69. The number of ether oxygens (including phenoxy) is 1. The highest BCUT2D eigenvalue weighted by Gasteiger charge is 2.28. The fourth-order valence-corrected chi connectivity index (χ4v) is 3.64. The van der Waals surface area contributed by atoms with E-state index in [1.807, 2.05) is 29.2 Å². The molecular weight excluding hydrogens is 380 g/mol. The fourth-order valence-electron chi connectivity index (χ4n) is 3.64. The lowest BCUT2D eigenvalue weighted by atomic mass is 9.96. The van der Waals surface area contributed by atoms with Gasteiger partial charge < -0.3 is 14.2 Å². The largest absolute Gasteiger partial charge is 0.497 e. The first-order chi connectivity index (χ1) is 14.3. The number of benzene rings is 1. The molecule has 1 fully saturated rings. The van der Waals surface area contributed by atoms with Crippen LogP contribution in [0.4, 0.5) is 0 Å². The molecule has 1 aliphatic rings. The summed E-state index contributed by atoms with van der Waals surface area (Å²) in [6, 6.07) is 7.96. The summed E-state index contributed by atoms with van der Waals surface area (Å²) in [4.78, 5) is 21.7. The molecular formula is C23H34N4O3. The summed E-state index contributed by atoms with van der Waals surface area (Å²) in [6.45, 7) is 11.6. The Hall–Kier alpha value is -2.41. The van der Waals surface area contributed by atoms with Gasteiger partial charge in [-0.05, 0) is 37.5 Å². The van der Waals surface area contributed by atoms with Gasteiger partial charge in [-0.3, -0.25) is 9.69 Å². The van der Waals surface area contributed by atoms with Crippen LogP contribution in [0.2, 0.25) is 0 Å². The van der Waals surface area contributed by atoms with Crippen LogP contribution in [-0.2, 0) is 16.6 Å². The highest BCUT2D eigenvalue weighted by atomic mass is 16.5. The van der Waals surface area contributed by atoms with E-state index in [-0.39, 0.29) is 17.4 Å². The minimum atomic E-state index is -0.132. The van der Waals surface area contributed by atoms with E-state index < -0.39 is 0 Å². The second kappa shape index (κ2) is 9.60. The van der Waals surface area contributed by atoms with Gasteiger partial charge in [-0.1, -0.05) is 38.1 Å². The molecule has 2 aromatic rings. The van der Waals surface area contributed by atoms with E-state index in [0.29, 0.717) is 12.3 Å². The van der Waals surface area contributed by atoms with Crippen LogP contribution in [0.3, 0.4) is 0 Å². The van der Waals surface area contributed by atoms with Gasteiger partial charge in [0.15, 0.2) is 5.82 Å². The molecule has 3 rings (SSSR count). The van der Waals surface area contributed by atoms with Gasteiger partial charge in [-0.25, -0.2) is 0 Å². The summed E-state index contributed by atoms with van der Waals surface area (Å²) in [5.41, 5.74) is 1.02. The summed E-state index contributed by atoms with van der Waals surface area (Å²) < 4.78 is 10.7. The zero-order chi connectivity index (χ0) is 21.7. The molecule has 164 valence electrons. The lowest BCUT2D eigenvalue weighted by molar-refractivity contribution is -0.131. The summed E-state index contributed by atoms with van der Waals surface area (Å²) in [5.74, 6) is 2.43. The minimum absolute atomic E-state index is 0.0444. The molecule has 0 spiro atoms. The Morgan fingerprint density at radius 2 is 1.90 bits per heavy atom. The van der Waals surface area contributed by atoms with Gasteiger partial charge >= 0.3 is 0 Å². The first kappa shape index (κ1) is 22.3. The normalized spacial score (nSPS) is 16.9. The standard InChI is InChI=1S/C23H34N4O3/c1-17(21-24-22(25-30-21)23(2,3)4)26-13-6-14-27(16-15-26)20(28)12-9-18-7-10-19(29-5)11-8-18/h7-8,10-11,17H,6,9,12-16H2,1-5H3. The lowest BCUT2D eigenvalue weighted by Gasteiger charge is -2.25. The molecule has 1 unspecified atom stereocenters. The Kier molecular flexibility index (Phi) is 7.13. The maximum Gasteiger partial charge on any atom is 0.243 e. The van der Waals surface area contributed by atoms with Crippen LogP contribution in [0.15, 0.2) is 28.8 Å². The van der Waals surface area contributed by atoms with Crippen molar-refractivity contribution in [1.29, 1.82) is 0 Å². The van der Waals surface area contributed by atoms with Crippen molar-refractivity contribution in [2.45, 2.75) is 58.4 Å². The van der Waals surface area contributed by atoms with Gasteiger partial charge in [-0.2, -0.15) is 4.98 Å². The number of aromatic nitrogens is 2. The SMILES string of the molecule is COc1ccc(CCC(=O)N2CCCN(C(C)c3nc(C(C)(C)C)no3)CC2)cc1. The van der Waals surface area contributed by atoms with Gasteiger partial charge in [0.1, 0.15) is 5.75 Å². The summed E-state index contributed by atoms with van der Waals surface area (Å²) in [7, 11) is 1.66. The number of hydrogen-bond acceptors (Lipinski definition) is 6. The highest BCUT2D eigenvalue weighted by molar-refractivity contribution is 5.76. The zero-order valence-electron chi connectivity index (χ0n) is 18.9. The molecule has 0 bridgehead atoms. The Balaban J connectivity index is 1.52. The molecule has 7 heteroatoms. The van der Waals surface area contributed by atoms with E-state index in [4.69, 9.17) is 9.26 Å². The molecule has 1 aromatic carbocycles. The van der Waals surface area contributed by atoms with E-state index in [1.165, 1.54) is 0 Å². The Morgan fingerprint density at radius 3 is 2.53 bits per heavy atom. The van der Waals surface area contributed by atoms with E-state index in [0.717, 1.165) is 56.2 Å². The van der Waals surface area contributed by atoms with Gasteiger partial charge in [0.25, 0.3) is 0 Å². The predicted molar refractivity (Wildman–Crippen MR) is 115 cm³/mol. The second-order valence-corrected chi connectivity index (χ2v) is 9.00. The topological polar surface area (TPSA) is 71.7 Å². The molecule has 1 aromatic heterocycles. The summed E-state index contributed by atoms with van der Waals surface area (Å²) in [5, 5.41) is 4.15. The van der Waals surface area contributed by atoms with Crippen molar-refractivity contribution in [2.24, 2.45) is 0 Å². The second-order valence-electron chi connectivity index (χ2n) is 9.00. The van der Waals surface area contributed by atoms with Crippen LogP contribution in [-0.4, -0.2) is 59.1 Å². The first-order valence-corrected chi connectivity index (χ1v) is 10.8. The predicted octanol–water partition coefficient (Wildman–Crippen LogP) is 3.60. The van der Waals surface area contributed by atoms with Crippen molar-refractivity contribution in [2.75, 3.05) is 33.3 Å². The maximum absolute atomic E-state index is 12.7. The molecule has 7 nitrogen and oxygen atoms in total. The van der Waals surface area contributed by atoms with Gasteiger partial charge in [-0.15, -0.1) is 0 Å². The van der Waals surface area contributed by atoms with Crippen molar-refractivity contribution in [3.63, 3.8) is 0 Å². The van der Waals surface area contributed by atoms with Crippen molar-refractivity contribution >= 4 is 5.91 Å². The number of nitrogens with zero attached hydrogens (tertiary/aromatic N) is 4. The van der Waals surface area contributed by atoms with Gasteiger partial charge in [0.05, 0.1) is 13.2 Å². The molecule has 1 atom stereocenters. The van der Waals surface area contributed by atoms with Crippen LogP contribution in [0.25, 0.3) is 0 Å². The number of aryl methyl sites for hydroxylation is 1. The van der Waals surface area contributed by atoms with E-state index in [1.54, 1.807) is 7.11 Å². The van der Waals surface area contributed by atoms with E-state index in [2.05, 4.69) is 42.7 Å². The molecule has 1 amide bonds. The quantitative estimate of drug-likeness (QED) is 0.719. The molecule has 30 heavy (non-hydrogen) atoms. The summed E-state index contributed by atoms with van der Waals surface area (Å²) >= 11 is 0. The Morgan fingerprint density at radius 1 is 1.17 bits per heavy atom. The van der Waals surface area contributed by atoms with Gasteiger partial charge in [0.2, 0.25) is 11.8 Å². The van der Waals surface area contributed by atoms with Crippen molar-refractivity contribution in [3.05, 3.63) is 41.5 Å². The third-order valence-electron chi connectivity index (χ3n) is 5.69. The fraction of sp³-hybridized carbons (Fsp3) is 0.609. The molecule has 0 aliphatic carbocycles. The van der Waals surface area contributed by atoms with Crippen LogP contribution >= 0.6 is 0 Å². The van der Waals surface area contributed by atoms with Crippen LogP contribution in [0, 0.1) is 0 Å². The average Bonchev–Trinajstić information content (AvgIpc) is 3.11. The Labute approximate surface area is 179 Å². The molecule has 0 saturated carbocycles. The number of hydrogen-bond donors (Lipinski definition) is 0. The van der Waals surface area contributed by atoms with Crippen LogP contribution in [0.5, 0.6) is 5.75 Å². The molecule has 2 heterocycles. The number of rotatable bonds is 6. The number of amides is 1. The van der Waals surface area contributed by atoms with Crippen molar-refractivity contribution in [3.8, 4) is 5.75 Å². The smallest absolute Gasteiger partial charge is 0.243 e. The van der Waals surface area contributed by atoms with Gasteiger partial charge in [0, 0.05) is 38.0 Å². The molecule has 0 radical (unpaired) electrons. The minimum Gasteiger partial charge on any atom is -0.497 e. The number of methoxy groups -OCH3 is 1. The Bertz CT molecular complexity index is 826. The first-order valence-electron chi connectivity index (χ1n) is 10.8. The maximum atomic E-state index is 12.7. The van der Waals surface area contributed by atoms with Crippen LogP contribution < -0.4 is 4.74 Å². The average molecular weight is 415 g/mol. The number of carbonyl (C=O) groups is 1. The number of carbonyl (C=O) groups excluding carboxylic acids is 1. The highest BCUT2D eigenvalue weighted by Crippen LogP contribution is 2.24. The summed E-state index contributed by atoms with van der Waals surface area (Å²) in [6.07, 6.45) is 2.22. The molecule has 1 saturated heterocycles. The zero-order valence-corrected chi connectivity index (χ0v) is 18.9. The van der Waals surface area contributed by atoms with Crippen molar-refractivity contribution in [1.82, 2.24) is 19.9 Å². The lowest BCUT2D eigenvalue weighted by Crippen LogP contribution is -2.36. The monoisotopic (exact) mass is 414 g/mol. The third kappa shape index (κ3) is 5.59. The van der Waals surface area contributed by atoms with Crippen molar-refractivity contribution < 1.29 is 14.1 Å². The molecule has 0 N–H and O–H groups in total. The van der Waals surface area contributed by atoms with E-state index >= 15 is 0 Å². The van der Waals surface area contributed by atoms with E-state index in [9.17, 15) is 4.79 Å². The van der Waals surface area contributed by atoms with Crippen LogP contribution in [0.1, 0.15) is 63.9 Å². The molecule has 1 aliphatic heterocycles.